The van der Waals surface area contributed by atoms with Gasteiger partial charge in [-0.25, -0.2) is 0 Å². The topological polar surface area (TPSA) is 36.9 Å². The zero-order valence-corrected chi connectivity index (χ0v) is 15.6. The monoisotopic (exact) mass is 330 g/mol. The van der Waals surface area contributed by atoms with Gasteiger partial charge in [-0.05, 0) is 38.5 Å². The molecule has 0 fully saturated rings. The third-order valence-corrected chi connectivity index (χ3v) is 3.74. The van der Waals surface area contributed by atoms with Crippen molar-refractivity contribution in [3.05, 3.63) is 12.2 Å². The van der Waals surface area contributed by atoms with E-state index in [1.807, 2.05) is 0 Å². The van der Waals surface area contributed by atoms with E-state index >= 15 is 0 Å². The highest BCUT2D eigenvalue weighted by Crippen LogP contribution is 2.10. The Hall–Kier alpha value is -0.420. The molecule has 0 aliphatic carbocycles. The van der Waals surface area contributed by atoms with Crippen LogP contribution in [0.3, 0.4) is 0 Å². The molecule has 0 saturated carbocycles. The molecular formula is C19H38O4. The van der Waals surface area contributed by atoms with Crippen LogP contribution < -0.4 is 0 Å². The van der Waals surface area contributed by atoms with Crippen molar-refractivity contribution in [1.29, 1.82) is 0 Å². The van der Waals surface area contributed by atoms with Gasteiger partial charge in [0.05, 0.1) is 6.61 Å². The van der Waals surface area contributed by atoms with Gasteiger partial charge in [0.2, 0.25) is 0 Å². The molecule has 0 atom stereocenters. The molecule has 138 valence electrons. The molecule has 4 heteroatoms. The molecule has 0 spiro atoms. The van der Waals surface area contributed by atoms with Gasteiger partial charge in [0.25, 0.3) is 0 Å². The molecule has 0 heterocycles. The number of allylic oxidation sites excluding steroid dienone is 1. The summed E-state index contributed by atoms with van der Waals surface area (Å²) in [6.07, 6.45) is 16.2. The van der Waals surface area contributed by atoms with Crippen LogP contribution in [0.5, 0.6) is 0 Å². The lowest BCUT2D eigenvalue weighted by molar-refractivity contribution is -0.107. The first kappa shape index (κ1) is 22.6. The molecule has 0 saturated heterocycles. The highest BCUT2D eigenvalue weighted by molar-refractivity contribution is 4.81. The molecule has 23 heavy (non-hydrogen) atoms. The minimum absolute atomic E-state index is 0.0304. The van der Waals surface area contributed by atoms with Crippen molar-refractivity contribution >= 4 is 0 Å². The number of hydrogen-bond acceptors (Lipinski definition) is 4. The zero-order valence-electron chi connectivity index (χ0n) is 15.6. The number of methoxy groups -OCH3 is 2. The van der Waals surface area contributed by atoms with E-state index in [-0.39, 0.29) is 6.29 Å². The minimum atomic E-state index is -0.0304. The Morgan fingerprint density at radius 2 is 1.39 bits per heavy atom. The lowest BCUT2D eigenvalue weighted by atomic mass is 10.1. The van der Waals surface area contributed by atoms with Crippen molar-refractivity contribution in [2.45, 2.75) is 77.4 Å². The average Bonchev–Trinajstić information content (AvgIpc) is 2.58. The van der Waals surface area contributed by atoms with Crippen LogP contribution in [-0.4, -0.2) is 40.5 Å². The summed E-state index contributed by atoms with van der Waals surface area (Å²) >= 11 is 0. The smallest absolute Gasteiger partial charge is 0.156 e. The summed E-state index contributed by atoms with van der Waals surface area (Å²) in [6.45, 7) is 4.15. The van der Waals surface area contributed by atoms with E-state index in [4.69, 9.17) is 18.9 Å². The third-order valence-electron chi connectivity index (χ3n) is 3.74. The van der Waals surface area contributed by atoms with E-state index in [9.17, 15) is 0 Å². The molecule has 0 aliphatic rings. The summed E-state index contributed by atoms with van der Waals surface area (Å²) in [4.78, 5) is 0. The highest BCUT2D eigenvalue weighted by atomic mass is 16.7. The second-order valence-corrected chi connectivity index (χ2v) is 5.79. The molecule has 4 nitrogen and oxygen atoms in total. The Kier molecular flexibility index (Phi) is 19.3. The van der Waals surface area contributed by atoms with Crippen LogP contribution in [0, 0.1) is 0 Å². The van der Waals surface area contributed by atoms with Crippen LogP contribution in [-0.2, 0) is 18.9 Å². The van der Waals surface area contributed by atoms with Gasteiger partial charge >= 0.3 is 0 Å². The maximum atomic E-state index is 5.40. The Bertz CT molecular complexity index is 240. The zero-order chi connectivity index (χ0) is 17.0. The molecule has 0 bridgehead atoms. The third kappa shape index (κ3) is 17.8. The van der Waals surface area contributed by atoms with Crippen LogP contribution in [0.4, 0.5) is 0 Å². The SMILES string of the molecule is CCCCOCOCC/C=C\CCCCCCCC(OC)OC. The normalized spacial score (nSPS) is 11.8. The number of unbranched alkanes of at least 4 members (excludes halogenated alkanes) is 6. The van der Waals surface area contributed by atoms with Crippen molar-refractivity contribution in [3.63, 3.8) is 0 Å². The van der Waals surface area contributed by atoms with Crippen LogP contribution in [0.2, 0.25) is 0 Å². The van der Waals surface area contributed by atoms with Crippen molar-refractivity contribution in [2.75, 3.05) is 34.2 Å². The number of ether oxygens (including phenoxy) is 4. The van der Waals surface area contributed by atoms with E-state index in [0.29, 0.717) is 6.79 Å². The van der Waals surface area contributed by atoms with Gasteiger partial charge in [0.1, 0.15) is 6.79 Å². The van der Waals surface area contributed by atoms with Crippen LogP contribution >= 0.6 is 0 Å². The standard InChI is InChI=1S/C19H38O4/c1-4-5-16-22-18-23-17-14-12-10-8-6-7-9-11-13-15-19(20-2)21-3/h10,12,19H,4-9,11,13-18H2,1-3H3/b12-10-. The second-order valence-electron chi connectivity index (χ2n) is 5.79. The number of hydrogen-bond donors (Lipinski definition) is 0. The highest BCUT2D eigenvalue weighted by Gasteiger charge is 2.03. The van der Waals surface area contributed by atoms with E-state index in [1.54, 1.807) is 14.2 Å². The Labute approximate surface area is 143 Å². The van der Waals surface area contributed by atoms with E-state index in [1.165, 1.54) is 44.9 Å². The summed E-state index contributed by atoms with van der Waals surface area (Å²) in [6, 6.07) is 0. The van der Waals surface area contributed by atoms with Gasteiger partial charge in [0, 0.05) is 20.8 Å². The summed E-state index contributed by atoms with van der Waals surface area (Å²) in [5.41, 5.74) is 0. The fourth-order valence-electron chi connectivity index (χ4n) is 2.25. The van der Waals surface area contributed by atoms with Gasteiger partial charge in [-0.1, -0.05) is 44.8 Å². The average molecular weight is 331 g/mol. The fraction of sp³-hybridized carbons (Fsp3) is 0.895. The first-order valence-electron chi connectivity index (χ1n) is 9.21. The summed E-state index contributed by atoms with van der Waals surface area (Å²) in [5, 5.41) is 0. The molecule has 0 aromatic heterocycles. The van der Waals surface area contributed by atoms with Gasteiger partial charge in [-0.3, -0.25) is 0 Å². The predicted octanol–water partition coefficient (Wildman–Crippen LogP) is 5.07. The van der Waals surface area contributed by atoms with Gasteiger partial charge in [-0.15, -0.1) is 0 Å². The van der Waals surface area contributed by atoms with Crippen molar-refractivity contribution in [3.8, 4) is 0 Å². The predicted molar refractivity (Wildman–Crippen MR) is 95.6 cm³/mol. The van der Waals surface area contributed by atoms with Crippen molar-refractivity contribution in [2.24, 2.45) is 0 Å². The minimum Gasteiger partial charge on any atom is -0.356 e. The Balaban J connectivity index is 3.14. The van der Waals surface area contributed by atoms with Crippen LogP contribution in [0.1, 0.15) is 71.1 Å². The van der Waals surface area contributed by atoms with Gasteiger partial charge < -0.3 is 18.9 Å². The summed E-state index contributed by atoms with van der Waals surface area (Å²) in [5.74, 6) is 0. The van der Waals surface area contributed by atoms with E-state index in [0.717, 1.165) is 32.5 Å². The fourth-order valence-corrected chi connectivity index (χ4v) is 2.25. The molecule has 0 radical (unpaired) electrons. The van der Waals surface area contributed by atoms with Gasteiger partial charge in [0.15, 0.2) is 6.29 Å². The van der Waals surface area contributed by atoms with E-state index in [2.05, 4.69) is 19.1 Å². The maximum Gasteiger partial charge on any atom is 0.156 e. The number of rotatable bonds is 18. The molecule has 0 aromatic carbocycles. The van der Waals surface area contributed by atoms with Crippen LogP contribution in [0.25, 0.3) is 0 Å². The van der Waals surface area contributed by atoms with Gasteiger partial charge in [-0.2, -0.15) is 0 Å². The summed E-state index contributed by atoms with van der Waals surface area (Å²) < 4.78 is 21.1. The lowest BCUT2D eigenvalue weighted by Crippen LogP contribution is -2.12. The first-order valence-corrected chi connectivity index (χ1v) is 9.21. The van der Waals surface area contributed by atoms with E-state index < -0.39 is 0 Å². The molecular weight excluding hydrogens is 292 g/mol. The molecule has 0 amide bonds. The lowest BCUT2D eigenvalue weighted by Gasteiger charge is -2.12. The molecule has 0 unspecified atom stereocenters. The molecule has 0 N–H and O–H groups in total. The molecule has 0 aromatic rings. The Morgan fingerprint density at radius 3 is 2.13 bits per heavy atom. The van der Waals surface area contributed by atoms with Crippen LogP contribution in [0.15, 0.2) is 12.2 Å². The Morgan fingerprint density at radius 1 is 0.739 bits per heavy atom. The molecule has 0 rings (SSSR count). The quantitative estimate of drug-likeness (QED) is 0.200. The van der Waals surface area contributed by atoms with Crippen molar-refractivity contribution in [1.82, 2.24) is 0 Å². The largest absolute Gasteiger partial charge is 0.356 e. The second kappa shape index (κ2) is 19.6. The summed E-state index contributed by atoms with van der Waals surface area (Å²) in [7, 11) is 3.40. The molecule has 0 aliphatic heterocycles. The maximum absolute atomic E-state index is 5.40. The first-order chi connectivity index (χ1) is 11.3. The van der Waals surface area contributed by atoms with Crippen molar-refractivity contribution < 1.29 is 18.9 Å².